The molecule has 1 aliphatic rings. The van der Waals surface area contributed by atoms with Gasteiger partial charge >= 0.3 is 5.97 Å². The Morgan fingerprint density at radius 2 is 2.05 bits per heavy atom. The molecule has 1 fully saturated rings. The van der Waals surface area contributed by atoms with Crippen LogP contribution in [0.4, 0.5) is 0 Å². The van der Waals surface area contributed by atoms with Gasteiger partial charge in [-0.1, -0.05) is 37.3 Å². The monoisotopic (exact) mass is 293 g/mol. The van der Waals surface area contributed by atoms with Gasteiger partial charge in [-0.05, 0) is 42.8 Å². The van der Waals surface area contributed by atoms with E-state index in [4.69, 9.17) is 0 Å². The SMILES string of the molecule is CCCSCCC(NC1CC1)(C(=O)O)c1ccccc1. The number of carbonyl (C=O) groups is 1. The molecular formula is C16H23NO2S. The minimum Gasteiger partial charge on any atom is -0.480 e. The average molecular weight is 293 g/mol. The van der Waals surface area contributed by atoms with Crippen molar-refractivity contribution in [3.63, 3.8) is 0 Å². The number of rotatable bonds is 9. The van der Waals surface area contributed by atoms with Crippen LogP contribution in [0.2, 0.25) is 0 Å². The number of benzene rings is 1. The number of aliphatic carboxylic acids is 1. The number of hydrogen-bond acceptors (Lipinski definition) is 3. The van der Waals surface area contributed by atoms with Gasteiger partial charge in [0.05, 0.1) is 0 Å². The van der Waals surface area contributed by atoms with Crippen LogP contribution in [0.15, 0.2) is 30.3 Å². The van der Waals surface area contributed by atoms with E-state index >= 15 is 0 Å². The Labute approximate surface area is 125 Å². The van der Waals surface area contributed by atoms with Crippen molar-refractivity contribution < 1.29 is 9.90 Å². The van der Waals surface area contributed by atoms with Crippen LogP contribution in [0.1, 0.15) is 38.2 Å². The lowest BCUT2D eigenvalue weighted by Crippen LogP contribution is -2.50. The van der Waals surface area contributed by atoms with Crippen molar-refractivity contribution in [2.75, 3.05) is 11.5 Å². The Kier molecular flexibility index (Phi) is 5.49. The normalized spacial score (nSPS) is 17.6. The van der Waals surface area contributed by atoms with E-state index in [1.807, 2.05) is 42.1 Å². The summed E-state index contributed by atoms with van der Waals surface area (Å²) in [6, 6.07) is 9.98. The molecule has 1 aromatic rings. The van der Waals surface area contributed by atoms with Crippen LogP contribution in [0.3, 0.4) is 0 Å². The molecule has 0 bridgehead atoms. The van der Waals surface area contributed by atoms with Crippen molar-refractivity contribution in [3.05, 3.63) is 35.9 Å². The van der Waals surface area contributed by atoms with Crippen molar-refractivity contribution in [2.24, 2.45) is 0 Å². The third-order valence-corrected chi connectivity index (χ3v) is 4.82. The fraction of sp³-hybridized carbons (Fsp3) is 0.562. The quantitative estimate of drug-likeness (QED) is 0.686. The van der Waals surface area contributed by atoms with Crippen LogP contribution < -0.4 is 5.32 Å². The molecule has 1 saturated carbocycles. The van der Waals surface area contributed by atoms with Crippen molar-refractivity contribution in [1.29, 1.82) is 0 Å². The van der Waals surface area contributed by atoms with Gasteiger partial charge in [0.15, 0.2) is 0 Å². The first-order valence-electron chi connectivity index (χ1n) is 7.33. The molecule has 0 amide bonds. The molecule has 0 spiro atoms. The van der Waals surface area contributed by atoms with Crippen molar-refractivity contribution >= 4 is 17.7 Å². The highest BCUT2D eigenvalue weighted by molar-refractivity contribution is 7.99. The summed E-state index contributed by atoms with van der Waals surface area (Å²) in [5.74, 6) is 1.20. The van der Waals surface area contributed by atoms with Crippen LogP contribution in [0.5, 0.6) is 0 Å². The molecule has 0 aliphatic heterocycles. The Morgan fingerprint density at radius 3 is 2.60 bits per heavy atom. The van der Waals surface area contributed by atoms with E-state index in [9.17, 15) is 9.90 Å². The Bertz CT molecular complexity index is 433. The smallest absolute Gasteiger partial charge is 0.328 e. The number of thioether (sulfide) groups is 1. The first-order chi connectivity index (χ1) is 9.69. The second-order valence-electron chi connectivity index (χ2n) is 5.36. The van der Waals surface area contributed by atoms with Crippen LogP contribution in [0, 0.1) is 0 Å². The Balaban J connectivity index is 2.17. The van der Waals surface area contributed by atoms with Gasteiger partial charge in [-0.25, -0.2) is 4.79 Å². The Morgan fingerprint density at radius 1 is 1.35 bits per heavy atom. The number of nitrogens with one attached hydrogen (secondary N) is 1. The van der Waals surface area contributed by atoms with Gasteiger partial charge in [0.25, 0.3) is 0 Å². The molecule has 1 aliphatic carbocycles. The molecule has 0 saturated heterocycles. The molecule has 3 nitrogen and oxygen atoms in total. The van der Waals surface area contributed by atoms with Crippen molar-refractivity contribution in [1.82, 2.24) is 5.32 Å². The first kappa shape index (κ1) is 15.4. The molecule has 1 aromatic carbocycles. The summed E-state index contributed by atoms with van der Waals surface area (Å²) in [6.45, 7) is 2.15. The second kappa shape index (κ2) is 7.14. The highest BCUT2D eigenvalue weighted by Gasteiger charge is 2.43. The number of hydrogen-bond donors (Lipinski definition) is 2. The summed E-state index contributed by atoms with van der Waals surface area (Å²) in [7, 11) is 0. The highest BCUT2D eigenvalue weighted by Crippen LogP contribution is 2.32. The summed E-state index contributed by atoms with van der Waals surface area (Å²) in [5.41, 5.74) is -0.0557. The molecule has 1 atom stereocenters. The molecule has 0 heterocycles. The van der Waals surface area contributed by atoms with Crippen molar-refractivity contribution in [3.8, 4) is 0 Å². The summed E-state index contributed by atoms with van der Waals surface area (Å²) >= 11 is 1.84. The van der Waals surface area contributed by atoms with E-state index in [-0.39, 0.29) is 0 Å². The van der Waals surface area contributed by atoms with Gasteiger partial charge < -0.3 is 5.11 Å². The standard InChI is InChI=1S/C16H23NO2S/c1-2-11-20-12-10-16(15(18)19,17-14-8-9-14)13-6-4-3-5-7-13/h3-7,14,17H,2,8-12H2,1H3,(H,18,19). The molecule has 110 valence electrons. The highest BCUT2D eigenvalue weighted by atomic mass is 32.2. The zero-order valence-corrected chi connectivity index (χ0v) is 12.8. The van der Waals surface area contributed by atoms with Gasteiger partial charge in [0.2, 0.25) is 0 Å². The van der Waals surface area contributed by atoms with Crippen LogP contribution in [-0.2, 0) is 10.3 Å². The average Bonchev–Trinajstić information content (AvgIpc) is 3.27. The Hall–Kier alpha value is -1.00. The van der Waals surface area contributed by atoms with Gasteiger partial charge in [-0.2, -0.15) is 11.8 Å². The molecule has 0 radical (unpaired) electrons. The maximum atomic E-state index is 12.0. The summed E-state index contributed by atoms with van der Waals surface area (Å²) < 4.78 is 0. The topological polar surface area (TPSA) is 49.3 Å². The van der Waals surface area contributed by atoms with Gasteiger partial charge in [0.1, 0.15) is 5.54 Å². The fourth-order valence-corrected chi connectivity index (χ4v) is 3.31. The molecule has 2 rings (SSSR count). The summed E-state index contributed by atoms with van der Waals surface area (Å²) in [4.78, 5) is 12.0. The van der Waals surface area contributed by atoms with E-state index < -0.39 is 11.5 Å². The predicted octanol–water partition coefficient (Wildman–Crippen LogP) is 3.25. The van der Waals surface area contributed by atoms with Crippen molar-refractivity contribution in [2.45, 2.75) is 44.2 Å². The molecule has 2 N–H and O–H groups in total. The third-order valence-electron chi connectivity index (χ3n) is 3.63. The summed E-state index contributed by atoms with van der Waals surface area (Å²) in [5, 5.41) is 13.2. The van der Waals surface area contributed by atoms with Gasteiger partial charge in [-0.3, -0.25) is 5.32 Å². The van der Waals surface area contributed by atoms with E-state index in [0.29, 0.717) is 12.5 Å². The first-order valence-corrected chi connectivity index (χ1v) is 8.49. The molecule has 0 aromatic heterocycles. The second-order valence-corrected chi connectivity index (χ2v) is 6.58. The van der Waals surface area contributed by atoms with E-state index in [2.05, 4.69) is 12.2 Å². The molecule has 20 heavy (non-hydrogen) atoms. The fourth-order valence-electron chi connectivity index (χ4n) is 2.36. The van der Waals surface area contributed by atoms with Gasteiger partial charge in [0, 0.05) is 6.04 Å². The third kappa shape index (κ3) is 3.76. The minimum atomic E-state index is -0.927. The molecule has 4 heteroatoms. The maximum absolute atomic E-state index is 12.0. The number of carboxylic acid groups (broad SMARTS) is 1. The lowest BCUT2D eigenvalue weighted by molar-refractivity contribution is -0.145. The van der Waals surface area contributed by atoms with Crippen LogP contribution in [-0.4, -0.2) is 28.6 Å². The number of carboxylic acids is 1. The lowest BCUT2D eigenvalue weighted by atomic mass is 9.87. The van der Waals surface area contributed by atoms with E-state index in [1.54, 1.807) is 0 Å². The van der Waals surface area contributed by atoms with E-state index in [0.717, 1.165) is 36.3 Å². The zero-order valence-electron chi connectivity index (χ0n) is 12.0. The predicted molar refractivity (Wildman–Crippen MR) is 84.1 cm³/mol. The zero-order chi connectivity index (χ0) is 14.4. The lowest BCUT2D eigenvalue weighted by Gasteiger charge is -2.31. The van der Waals surface area contributed by atoms with Crippen LogP contribution in [0.25, 0.3) is 0 Å². The molecule has 1 unspecified atom stereocenters. The van der Waals surface area contributed by atoms with Gasteiger partial charge in [-0.15, -0.1) is 0 Å². The van der Waals surface area contributed by atoms with Crippen LogP contribution >= 0.6 is 11.8 Å². The molecular weight excluding hydrogens is 270 g/mol. The minimum absolute atomic E-state index is 0.363. The van der Waals surface area contributed by atoms with E-state index in [1.165, 1.54) is 0 Å². The maximum Gasteiger partial charge on any atom is 0.328 e. The summed E-state index contributed by atoms with van der Waals surface area (Å²) in [6.07, 6.45) is 3.94. The largest absolute Gasteiger partial charge is 0.480 e.